The van der Waals surface area contributed by atoms with Crippen LogP contribution in [-0.4, -0.2) is 19.5 Å². The topological polar surface area (TPSA) is 46.8 Å². The van der Waals surface area contributed by atoms with Gasteiger partial charge in [-0.3, -0.25) is 0 Å². The van der Waals surface area contributed by atoms with Crippen LogP contribution in [0, 0.1) is 0 Å². The number of benzene rings is 7. The van der Waals surface area contributed by atoms with E-state index in [1.54, 1.807) is 0 Å². The Morgan fingerprint density at radius 2 is 0.839 bits per heavy atom. The molecular weight excluding hydrogens is 683 g/mol. The van der Waals surface area contributed by atoms with Crippen molar-refractivity contribution in [1.29, 1.82) is 0 Å². The van der Waals surface area contributed by atoms with Gasteiger partial charge in [0.25, 0.3) is 0 Å². The fourth-order valence-electron chi connectivity index (χ4n) is 8.10. The van der Waals surface area contributed by atoms with Gasteiger partial charge in [-0.2, -0.15) is 0 Å². The summed E-state index contributed by atoms with van der Waals surface area (Å²) >= 11 is 0. The Hall–Kier alpha value is -6.85. The predicted octanol–water partition coefficient (Wildman–Crippen LogP) is 13.6. The van der Waals surface area contributed by atoms with E-state index in [0.29, 0.717) is 29.4 Å². The monoisotopic (exact) mass is 725 g/mol. The van der Waals surface area contributed by atoms with Crippen LogP contribution in [0.15, 0.2) is 188 Å². The molecule has 56 heavy (non-hydrogen) atoms. The summed E-state index contributed by atoms with van der Waals surface area (Å²) in [4.78, 5) is 17.1. The maximum Gasteiger partial charge on any atom is 0.164 e. The molecule has 9 aromatic rings. The fraction of sp³-hybridized carbons (Fsp3) is 0.118. The molecule has 0 aliphatic rings. The van der Waals surface area contributed by atoms with Crippen LogP contribution in [0.2, 0.25) is 0 Å². The van der Waals surface area contributed by atoms with Crippen LogP contribution in [0.4, 0.5) is 17.1 Å². The van der Waals surface area contributed by atoms with Crippen molar-refractivity contribution in [3.8, 4) is 34.2 Å². The standard InChI is InChI=1S/C51H43N5/c1-3-37(35-36(2)55-47-25-15-13-23-45(47)46-24-14-16-26-48(46)55)38-27-31-43(32-28-38)56(42-21-11-6-12-22-42)44-33-29-41(30-34-44)51-53-49(39-17-7-4-8-18-39)52-50(54-51)40-19-9-5-10-20-40/h4-34,36-37H,3,35H2,1-2H3. The highest BCUT2D eigenvalue weighted by atomic mass is 15.1. The van der Waals surface area contributed by atoms with Crippen LogP contribution in [0.5, 0.6) is 0 Å². The van der Waals surface area contributed by atoms with Gasteiger partial charge in [0.05, 0.1) is 0 Å². The van der Waals surface area contributed by atoms with Gasteiger partial charge in [-0.15, -0.1) is 0 Å². The van der Waals surface area contributed by atoms with Crippen molar-refractivity contribution in [2.45, 2.75) is 38.6 Å². The Morgan fingerprint density at radius 3 is 1.32 bits per heavy atom. The summed E-state index contributed by atoms with van der Waals surface area (Å²) in [7, 11) is 0. The molecule has 0 saturated carbocycles. The highest BCUT2D eigenvalue weighted by Crippen LogP contribution is 2.39. The molecule has 2 heterocycles. The van der Waals surface area contributed by atoms with Crippen molar-refractivity contribution in [3.05, 3.63) is 194 Å². The van der Waals surface area contributed by atoms with E-state index < -0.39 is 0 Å². The van der Waals surface area contributed by atoms with Gasteiger partial charge >= 0.3 is 0 Å². The summed E-state index contributed by atoms with van der Waals surface area (Å²) in [5, 5.41) is 2.65. The summed E-state index contributed by atoms with van der Waals surface area (Å²) in [5.74, 6) is 2.37. The van der Waals surface area contributed by atoms with E-state index in [2.05, 4.69) is 151 Å². The second kappa shape index (κ2) is 15.5. The Bertz CT molecular complexity index is 2600. The van der Waals surface area contributed by atoms with Gasteiger partial charge in [-0.1, -0.05) is 134 Å². The van der Waals surface area contributed by atoms with Crippen LogP contribution >= 0.6 is 0 Å². The first kappa shape index (κ1) is 34.9. The molecule has 2 aromatic heterocycles. The van der Waals surface area contributed by atoms with E-state index in [0.717, 1.165) is 46.6 Å². The Kier molecular flexibility index (Phi) is 9.65. The minimum atomic E-state index is 0.334. The second-order valence-electron chi connectivity index (χ2n) is 14.4. The Balaban J connectivity index is 1.02. The van der Waals surface area contributed by atoms with Crippen molar-refractivity contribution < 1.29 is 0 Å². The van der Waals surface area contributed by atoms with Gasteiger partial charge in [-0.05, 0) is 91.9 Å². The minimum Gasteiger partial charge on any atom is -0.338 e. The molecule has 0 amide bonds. The lowest BCUT2D eigenvalue weighted by Gasteiger charge is -2.27. The van der Waals surface area contributed by atoms with Crippen molar-refractivity contribution in [2.24, 2.45) is 0 Å². The molecule has 0 N–H and O–H groups in total. The number of fused-ring (bicyclic) bond motifs is 3. The average Bonchev–Trinajstić information content (AvgIpc) is 3.61. The SMILES string of the molecule is CCC(CC(C)n1c2ccccc2c2ccccc21)c1ccc(N(c2ccccc2)c2ccc(-c3nc(-c4ccccc4)nc(-c4ccccc4)n3)cc2)cc1. The smallest absolute Gasteiger partial charge is 0.164 e. The zero-order valence-corrected chi connectivity index (χ0v) is 31.7. The molecule has 272 valence electrons. The van der Waals surface area contributed by atoms with Crippen LogP contribution in [0.1, 0.15) is 44.2 Å². The van der Waals surface area contributed by atoms with Crippen molar-refractivity contribution in [1.82, 2.24) is 19.5 Å². The summed E-state index contributed by atoms with van der Waals surface area (Å²) in [6.45, 7) is 4.69. The van der Waals surface area contributed by atoms with E-state index in [9.17, 15) is 0 Å². The third kappa shape index (κ3) is 6.84. The number of anilines is 3. The molecule has 0 aliphatic heterocycles. The van der Waals surface area contributed by atoms with Gasteiger partial charge in [0.1, 0.15) is 0 Å². The number of nitrogens with zero attached hydrogens (tertiary/aromatic N) is 5. The summed E-state index contributed by atoms with van der Waals surface area (Å²) in [5.41, 5.74) is 10.1. The number of rotatable bonds is 11. The Labute approximate surface area is 328 Å². The first-order chi connectivity index (χ1) is 27.6. The van der Waals surface area contributed by atoms with E-state index >= 15 is 0 Å². The number of aromatic nitrogens is 4. The first-order valence-corrected chi connectivity index (χ1v) is 19.5. The van der Waals surface area contributed by atoms with E-state index in [4.69, 9.17) is 15.0 Å². The molecule has 0 fully saturated rings. The molecule has 0 aliphatic carbocycles. The molecule has 9 rings (SSSR count). The first-order valence-electron chi connectivity index (χ1n) is 19.5. The van der Waals surface area contributed by atoms with Crippen LogP contribution in [0.25, 0.3) is 56.0 Å². The molecule has 0 spiro atoms. The zero-order chi connectivity index (χ0) is 37.8. The molecule has 0 saturated heterocycles. The van der Waals surface area contributed by atoms with Crippen molar-refractivity contribution in [3.63, 3.8) is 0 Å². The maximum atomic E-state index is 4.95. The second-order valence-corrected chi connectivity index (χ2v) is 14.4. The Morgan fingerprint density at radius 1 is 0.446 bits per heavy atom. The number of para-hydroxylation sites is 3. The summed E-state index contributed by atoms with van der Waals surface area (Å²) in [6.07, 6.45) is 2.12. The van der Waals surface area contributed by atoms with Crippen molar-refractivity contribution >= 4 is 38.9 Å². The van der Waals surface area contributed by atoms with Gasteiger partial charge in [0, 0.05) is 61.6 Å². The van der Waals surface area contributed by atoms with Crippen LogP contribution < -0.4 is 4.90 Å². The summed E-state index contributed by atoms with van der Waals surface area (Å²) in [6, 6.07) is 66.5. The lowest BCUT2D eigenvalue weighted by molar-refractivity contribution is 0.462. The molecule has 0 bridgehead atoms. The molecule has 5 heteroatoms. The molecule has 2 unspecified atom stereocenters. The third-order valence-corrected chi connectivity index (χ3v) is 10.9. The normalized spacial score (nSPS) is 12.5. The van der Waals surface area contributed by atoms with Crippen molar-refractivity contribution in [2.75, 3.05) is 4.90 Å². The number of hydrogen-bond acceptors (Lipinski definition) is 4. The molecule has 0 radical (unpaired) electrons. The minimum absolute atomic E-state index is 0.334. The van der Waals surface area contributed by atoms with Crippen LogP contribution in [-0.2, 0) is 0 Å². The predicted molar refractivity (Wildman–Crippen MR) is 233 cm³/mol. The lowest BCUT2D eigenvalue weighted by Crippen LogP contribution is -2.11. The number of hydrogen-bond donors (Lipinski definition) is 0. The highest BCUT2D eigenvalue weighted by Gasteiger charge is 2.21. The molecule has 7 aromatic carbocycles. The van der Waals surface area contributed by atoms with Gasteiger partial charge in [0.2, 0.25) is 0 Å². The summed E-state index contributed by atoms with van der Waals surface area (Å²) < 4.78 is 2.55. The maximum absolute atomic E-state index is 4.95. The third-order valence-electron chi connectivity index (χ3n) is 10.9. The fourth-order valence-corrected chi connectivity index (χ4v) is 8.10. The van der Waals surface area contributed by atoms with E-state index in [1.165, 1.54) is 27.4 Å². The largest absolute Gasteiger partial charge is 0.338 e. The lowest BCUT2D eigenvalue weighted by atomic mass is 9.90. The van der Waals surface area contributed by atoms with Gasteiger partial charge in [-0.25, -0.2) is 15.0 Å². The van der Waals surface area contributed by atoms with E-state index in [1.807, 2.05) is 60.7 Å². The van der Waals surface area contributed by atoms with Crippen LogP contribution in [0.3, 0.4) is 0 Å². The molecule has 5 nitrogen and oxygen atoms in total. The molecule has 2 atom stereocenters. The van der Waals surface area contributed by atoms with Gasteiger partial charge < -0.3 is 9.47 Å². The average molecular weight is 726 g/mol. The molecular formula is C51H43N5. The quantitative estimate of drug-likeness (QED) is 0.133. The van der Waals surface area contributed by atoms with E-state index in [-0.39, 0.29) is 0 Å². The zero-order valence-electron chi connectivity index (χ0n) is 31.7. The highest BCUT2D eigenvalue weighted by molar-refractivity contribution is 6.08. The van der Waals surface area contributed by atoms with Gasteiger partial charge in [0.15, 0.2) is 17.5 Å².